The van der Waals surface area contributed by atoms with Crippen LogP contribution in [0.2, 0.25) is 0 Å². The summed E-state index contributed by atoms with van der Waals surface area (Å²) in [5, 5.41) is 12.3. The summed E-state index contributed by atoms with van der Waals surface area (Å²) in [7, 11) is 0. The lowest BCUT2D eigenvalue weighted by Crippen LogP contribution is -2.45. The highest BCUT2D eigenvalue weighted by Gasteiger charge is 2.19. The van der Waals surface area contributed by atoms with Crippen molar-refractivity contribution in [1.82, 2.24) is 5.32 Å². The molecule has 1 aromatic rings. The van der Waals surface area contributed by atoms with E-state index in [4.69, 9.17) is 5.11 Å². The maximum Gasteiger partial charge on any atom is 0.304 e. The Morgan fingerprint density at radius 3 is 2.35 bits per heavy atom. The second-order valence-corrected chi connectivity index (χ2v) is 5.38. The lowest BCUT2D eigenvalue weighted by Gasteiger charge is -2.27. The van der Waals surface area contributed by atoms with Gasteiger partial charge in [0.15, 0.2) is 0 Å². The van der Waals surface area contributed by atoms with Crippen LogP contribution in [0.5, 0.6) is 0 Å². The van der Waals surface area contributed by atoms with Crippen molar-refractivity contribution < 1.29 is 9.90 Å². The number of carboxylic acid groups (broad SMARTS) is 1. The second-order valence-electron chi connectivity index (χ2n) is 5.38. The molecule has 0 heterocycles. The Balaban J connectivity index is 2.67. The molecule has 94 valence electrons. The van der Waals surface area contributed by atoms with E-state index in [1.807, 2.05) is 51.1 Å². The molecule has 1 rings (SSSR count). The monoisotopic (exact) mass is 235 g/mol. The van der Waals surface area contributed by atoms with Crippen LogP contribution < -0.4 is 5.32 Å². The molecular weight excluding hydrogens is 214 g/mol. The molecule has 1 aromatic carbocycles. The van der Waals surface area contributed by atoms with Crippen LogP contribution in [0.1, 0.15) is 32.8 Å². The Morgan fingerprint density at radius 2 is 1.88 bits per heavy atom. The quantitative estimate of drug-likeness (QED) is 0.824. The van der Waals surface area contributed by atoms with E-state index < -0.39 is 5.97 Å². The van der Waals surface area contributed by atoms with Gasteiger partial charge in [0, 0.05) is 11.6 Å². The Kier molecular flexibility index (Phi) is 4.70. The Morgan fingerprint density at radius 1 is 1.29 bits per heavy atom. The predicted octanol–water partition coefficient (Wildman–Crippen LogP) is 2.46. The summed E-state index contributed by atoms with van der Waals surface area (Å²) in [4.78, 5) is 10.8. The van der Waals surface area contributed by atoms with Crippen molar-refractivity contribution in [2.45, 2.75) is 45.2 Å². The largest absolute Gasteiger partial charge is 0.481 e. The van der Waals surface area contributed by atoms with Gasteiger partial charge < -0.3 is 10.4 Å². The zero-order chi connectivity index (χ0) is 12.9. The summed E-state index contributed by atoms with van der Waals surface area (Å²) < 4.78 is 0. The van der Waals surface area contributed by atoms with E-state index in [0.717, 1.165) is 12.0 Å². The van der Waals surface area contributed by atoms with Crippen LogP contribution in [0.3, 0.4) is 0 Å². The highest BCUT2D eigenvalue weighted by Crippen LogP contribution is 2.10. The maximum atomic E-state index is 10.8. The fraction of sp³-hybridized carbons (Fsp3) is 0.500. The van der Waals surface area contributed by atoms with Gasteiger partial charge in [-0.3, -0.25) is 4.79 Å². The average Bonchev–Trinajstić information content (AvgIpc) is 2.15. The summed E-state index contributed by atoms with van der Waals surface area (Å²) in [6, 6.07) is 9.94. The van der Waals surface area contributed by atoms with Gasteiger partial charge in [0.1, 0.15) is 0 Å². The van der Waals surface area contributed by atoms with Gasteiger partial charge >= 0.3 is 5.97 Å². The normalized spacial score (nSPS) is 13.4. The minimum Gasteiger partial charge on any atom is -0.481 e. The van der Waals surface area contributed by atoms with E-state index in [1.54, 1.807) is 0 Å². The van der Waals surface area contributed by atoms with Gasteiger partial charge in [0.25, 0.3) is 0 Å². The fourth-order valence-corrected chi connectivity index (χ4v) is 1.90. The van der Waals surface area contributed by atoms with E-state index in [1.165, 1.54) is 0 Å². The molecule has 0 unspecified atom stereocenters. The number of hydrogen-bond acceptors (Lipinski definition) is 2. The first-order chi connectivity index (χ1) is 7.87. The first-order valence-corrected chi connectivity index (χ1v) is 5.90. The number of aliphatic carboxylic acids is 1. The van der Waals surface area contributed by atoms with Crippen molar-refractivity contribution >= 4 is 5.97 Å². The molecule has 0 spiro atoms. The summed E-state index contributed by atoms with van der Waals surface area (Å²) in [6.45, 7) is 6.15. The van der Waals surface area contributed by atoms with Crippen molar-refractivity contribution in [2.75, 3.05) is 0 Å². The number of carboxylic acids is 1. The van der Waals surface area contributed by atoms with E-state index in [0.29, 0.717) is 0 Å². The zero-order valence-electron chi connectivity index (χ0n) is 10.7. The van der Waals surface area contributed by atoms with Gasteiger partial charge in [-0.2, -0.15) is 0 Å². The summed E-state index contributed by atoms with van der Waals surface area (Å²) in [5.41, 5.74) is 1.09. The molecule has 17 heavy (non-hydrogen) atoms. The van der Waals surface area contributed by atoms with Crippen molar-refractivity contribution in [3.63, 3.8) is 0 Å². The summed E-state index contributed by atoms with van der Waals surface area (Å²) in [6.07, 6.45) is 0.885. The molecule has 2 N–H and O–H groups in total. The minimum absolute atomic E-state index is 0.0325. The maximum absolute atomic E-state index is 10.8. The number of carbonyl (C=O) groups is 1. The molecule has 0 amide bonds. The van der Waals surface area contributed by atoms with Gasteiger partial charge in [-0.25, -0.2) is 0 Å². The minimum atomic E-state index is -0.761. The molecule has 0 bridgehead atoms. The number of benzene rings is 1. The lowest BCUT2D eigenvalue weighted by atomic mass is 9.99. The number of rotatable bonds is 5. The van der Waals surface area contributed by atoms with Crippen LogP contribution in [-0.2, 0) is 11.2 Å². The third kappa shape index (κ3) is 6.07. The van der Waals surface area contributed by atoms with E-state index in [2.05, 4.69) is 5.32 Å². The molecular formula is C14H21NO2. The van der Waals surface area contributed by atoms with Crippen molar-refractivity contribution in [1.29, 1.82) is 0 Å². The molecule has 0 aliphatic carbocycles. The zero-order valence-corrected chi connectivity index (χ0v) is 10.7. The van der Waals surface area contributed by atoms with Crippen molar-refractivity contribution in [3.05, 3.63) is 35.9 Å². The first kappa shape index (κ1) is 13.7. The topological polar surface area (TPSA) is 49.3 Å². The highest BCUT2D eigenvalue weighted by atomic mass is 16.4. The molecule has 0 saturated carbocycles. The fourth-order valence-electron chi connectivity index (χ4n) is 1.90. The summed E-state index contributed by atoms with van der Waals surface area (Å²) in [5.74, 6) is -0.761. The van der Waals surface area contributed by atoms with Crippen LogP contribution >= 0.6 is 0 Å². The van der Waals surface area contributed by atoms with Crippen LogP contribution in [0.4, 0.5) is 0 Å². The van der Waals surface area contributed by atoms with Crippen molar-refractivity contribution in [2.24, 2.45) is 0 Å². The van der Waals surface area contributed by atoms with Gasteiger partial charge in [0.05, 0.1) is 6.42 Å². The van der Waals surface area contributed by atoms with Crippen LogP contribution in [0, 0.1) is 0 Å². The number of nitrogens with one attached hydrogen (secondary N) is 1. The SMILES string of the molecule is CC(C)(C)N[C@H](CC(=O)O)Cc1ccccc1. The number of hydrogen-bond donors (Lipinski definition) is 2. The molecule has 0 aliphatic heterocycles. The van der Waals surface area contributed by atoms with Crippen LogP contribution in [0.15, 0.2) is 30.3 Å². The molecule has 3 nitrogen and oxygen atoms in total. The van der Waals surface area contributed by atoms with E-state index >= 15 is 0 Å². The third-order valence-electron chi connectivity index (χ3n) is 2.38. The van der Waals surface area contributed by atoms with Crippen LogP contribution in [-0.4, -0.2) is 22.7 Å². The van der Waals surface area contributed by atoms with Gasteiger partial charge in [-0.1, -0.05) is 30.3 Å². The molecule has 0 aromatic heterocycles. The van der Waals surface area contributed by atoms with Gasteiger partial charge in [0.2, 0.25) is 0 Å². The standard InChI is InChI=1S/C14H21NO2/c1-14(2,3)15-12(10-13(16)17)9-11-7-5-4-6-8-11/h4-8,12,15H,9-10H2,1-3H3,(H,16,17)/t12-/m0/s1. The van der Waals surface area contributed by atoms with Gasteiger partial charge in [-0.15, -0.1) is 0 Å². The smallest absolute Gasteiger partial charge is 0.304 e. The molecule has 1 atom stereocenters. The molecule has 0 saturated heterocycles. The van der Waals surface area contributed by atoms with E-state index in [-0.39, 0.29) is 18.0 Å². The Labute approximate surface area is 103 Å². The van der Waals surface area contributed by atoms with Gasteiger partial charge in [-0.05, 0) is 32.8 Å². The summed E-state index contributed by atoms with van der Waals surface area (Å²) >= 11 is 0. The second kappa shape index (κ2) is 5.82. The molecule has 0 fully saturated rings. The van der Waals surface area contributed by atoms with Crippen LogP contribution in [0.25, 0.3) is 0 Å². The Bertz CT molecular complexity index is 354. The third-order valence-corrected chi connectivity index (χ3v) is 2.38. The molecule has 3 heteroatoms. The average molecular weight is 235 g/mol. The molecule has 0 aliphatic rings. The predicted molar refractivity (Wildman–Crippen MR) is 69.1 cm³/mol. The Hall–Kier alpha value is -1.35. The first-order valence-electron chi connectivity index (χ1n) is 5.90. The van der Waals surface area contributed by atoms with Crippen molar-refractivity contribution in [3.8, 4) is 0 Å². The highest BCUT2D eigenvalue weighted by molar-refractivity contribution is 5.67. The molecule has 0 radical (unpaired) electrons. The lowest BCUT2D eigenvalue weighted by molar-refractivity contribution is -0.137. The van der Waals surface area contributed by atoms with E-state index in [9.17, 15) is 4.79 Å².